The van der Waals surface area contributed by atoms with E-state index in [0.29, 0.717) is 12.5 Å². The van der Waals surface area contributed by atoms with Gasteiger partial charge >= 0.3 is 5.97 Å². The van der Waals surface area contributed by atoms with Gasteiger partial charge in [-0.05, 0) is 45.3 Å². The number of likely N-dealkylation sites (tertiary alicyclic amines) is 2. The van der Waals surface area contributed by atoms with Crippen LogP contribution in [-0.2, 0) is 9.59 Å². The minimum Gasteiger partial charge on any atom is -0.480 e. The number of piperidine rings is 1. The summed E-state index contributed by atoms with van der Waals surface area (Å²) in [4.78, 5) is 26.4. The molecule has 0 aromatic heterocycles. The third-order valence-electron chi connectivity index (χ3n) is 4.28. The molecule has 108 valence electrons. The van der Waals surface area contributed by atoms with Crippen molar-refractivity contribution in [3.63, 3.8) is 0 Å². The van der Waals surface area contributed by atoms with E-state index in [4.69, 9.17) is 5.73 Å². The maximum Gasteiger partial charge on any atom is 0.320 e. The predicted molar refractivity (Wildman–Crippen MR) is 70.6 cm³/mol. The quantitative estimate of drug-likeness (QED) is 0.726. The van der Waals surface area contributed by atoms with E-state index in [1.54, 1.807) is 0 Å². The number of hydrogen-bond acceptors (Lipinski definition) is 4. The molecule has 0 aliphatic carbocycles. The van der Waals surface area contributed by atoms with E-state index in [0.717, 1.165) is 51.9 Å². The lowest BCUT2D eigenvalue weighted by molar-refractivity contribution is -0.143. The average Bonchev–Trinajstić information content (AvgIpc) is 2.86. The van der Waals surface area contributed by atoms with Gasteiger partial charge in [0.05, 0.1) is 0 Å². The summed E-state index contributed by atoms with van der Waals surface area (Å²) >= 11 is 0. The first-order valence-corrected chi connectivity index (χ1v) is 7.07. The van der Waals surface area contributed by atoms with Crippen LogP contribution < -0.4 is 5.73 Å². The van der Waals surface area contributed by atoms with Crippen molar-refractivity contribution < 1.29 is 14.7 Å². The van der Waals surface area contributed by atoms with Gasteiger partial charge in [-0.15, -0.1) is 0 Å². The zero-order valence-electron chi connectivity index (χ0n) is 11.3. The zero-order valence-corrected chi connectivity index (χ0v) is 11.3. The molecular formula is C13H23N3O3. The van der Waals surface area contributed by atoms with E-state index in [1.807, 2.05) is 0 Å². The predicted octanol–water partition coefficient (Wildman–Crippen LogP) is -0.125. The summed E-state index contributed by atoms with van der Waals surface area (Å²) in [6.07, 6.45) is 4.15. The lowest BCUT2D eigenvalue weighted by Crippen LogP contribution is -2.49. The van der Waals surface area contributed by atoms with Gasteiger partial charge in [0.25, 0.3) is 0 Å². The molecule has 2 heterocycles. The van der Waals surface area contributed by atoms with Crippen LogP contribution in [0.25, 0.3) is 0 Å². The van der Waals surface area contributed by atoms with Crippen LogP contribution in [0, 0.1) is 0 Å². The molecule has 6 nitrogen and oxygen atoms in total. The van der Waals surface area contributed by atoms with Crippen LogP contribution in [-0.4, -0.2) is 65.0 Å². The maximum atomic E-state index is 11.2. The molecule has 2 fully saturated rings. The van der Waals surface area contributed by atoms with Crippen molar-refractivity contribution in [2.24, 2.45) is 5.73 Å². The Kier molecular flexibility index (Phi) is 4.76. The highest BCUT2D eigenvalue weighted by atomic mass is 16.4. The molecule has 0 bridgehead atoms. The molecule has 1 amide bonds. The Morgan fingerprint density at radius 3 is 2.42 bits per heavy atom. The van der Waals surface area contributed by atoms with Gasteiger partial charge in [0, 0.05) is 19.0 Å². The van der Waals surface area contributed by atoms with E-state index in [1.165, 1.54) is 0 Å². The van der Waals surface area contributed by atoms with Gasteiger partial charge in [-0.3, -0.25) is 14.5 Å². The summed E-state index contributed by atoms with van der Waals surface area (Å²) in [7, 11) is 0. The first kappa shape index (κ1) is 14.3. The number of rotatable bonds is 5. The molecule has 19 heavy (non-hydrogen) atoms. The Hall–Kier alpha value is -1.14. The van der Waals surface area contributed by atoms with Gasteiger partial charge in [-0.1, -0.05) is 0 Å². The minimum absolute atomic E-state index is 0.257. The number of carbonyl (C=O) groups excluding carboxylic acids is 1. The Bertz CT molecular complexity index is 340. The van der Waals surface area contributed by atoms with E-state index in [2.05, 4.69) is 9.80 Å². The van der Waals surface area contributed by atoms with E-state index >= 15 is 0 Å². The Balaban J connectivity index is 1.79. The van der Waals surface area contributed by atoms with Crippen molar-refractivity contribution in [3.05, 3.63) is 0 Å². The summed E-state index contributed by atoms with van der Waals surface area (Å²) < 4.78 is 0. The number of carboxylic acid groups (broad SMARTS) is 1. The SMILES string of the molecule is NC(=O)CCN1CCC(N2CCCC2C(=O)O)CC1. The molecule has 0 aromatic carbocycles. The monoisotopic (exact) mass is 269 g/mol. The fourth-order valence-electron chi connectivity index (χ4n) is 3.23. The van der Waals surface area contributed by atoms with Crippen LogP contribution in [0.1, 0.15) is 32.1 Å². The second kappa shape index (κ2) is 6.34. The maximum absolute atomic E-state index is 11.2. The van der Waals surface area contributed by atoms with Crippen molar-refractivity contribution in [3.8, 4) is 0 Å². The van der Waals surface area contributed by atoms with Gasteiger partial charge in [-0.2, -0.15) is 0 Å². The number of aliphatic carboxylic acids is 1. The number of nitrogens with zero attached hydrogens (tertiary/aromatic N) is 2. The van der Waals surface area contributed by atoms with Crippen LogP contribution in [0.3, 0.4) is 0 Å². The molecule has 2 aliphatic rings. The molecule has 0 spiro atoms. The largest absolute Gasteiger partial charge is 0.480 e. The molecule has 0 aromatic rings. The van der Waals surface area contributed by atoms with Crippen molar-refractivity contribution in [1.82, 2.24) is 9.80 Å². The third-order valence-corrected chi connectivity index (χ3v) is 4.28. The molecule has 1 unspecified atom stereocenters. The molecular weight excluding hydrogens is 246 g/mol. The first-order valence-electron chi connectivity index (χ1n) is 7.07. The van der Waals surface area contributed by atoms with Crippen molar-refractivity contribution in [2.75, 3.05) is 26.2 Å². The second-order valence-electron chi connectivity index (χ2n) is 5.52. The van der Waals surface area contributed by atoms with Crippen molar-refractivity contribution in [2.45, 2.75) is 44.2 Å². The van der Waals surface area contributed by atoms with Crippen LogP contribution in [0.15, 0.2) is 0 Å². The normalized spacial score (nSPS) is 26.6. The molecule has 0 saturated carbocycles. The van der Waals surface area contributed by atoms with Gasteiger partial charge in [0.2, 0.25) is 5.91 Å². The molecule has 1 atom stereocenters. The van der Waals surface area contributed by atoms with E-state index in [-0.39, 0.29) is 11.9 Å². The fourth-order valence-corrected chi connectivity index (χ4v) is 3.23. The minimum atomic E-state index is -0.686. The van der Waals surface area contributed by atoms with E-state index in [9.17, 15) is 14.7 Å². The third kappa shape index (κ3) is 3.67. The van der Waals surface area contributed by atoms with Crippen molar-refractivity contribution in [1.29, 1.82) is 0 Å². The van der Waals surface area contributed by atoms with E-state index < -0.39 is 5.97 Å². The highest BCUT2D eigenvalue weighted by Crippen LogP contribution is 2.26. The van der Waals surface area contributed by atoms with Gasteiger partial charge in [0.1, 0.15) is 6.04 Å². The summed E-state index contributed by atoms with van der Waals surface area (Å²) in [5.74, 6) is -0.943. The topological polar surface area (TPSA) is 86.9 Å². The Labute approximate surface area is 113 Å². The molecule has 2 rings (SSSR count). The summed E-state index contributed by atoms with van der Waals surface area (Å²) in [6.45, 7) is 3.49. The zero-order chi connectivity index (χ0) is 13.8. The Morgan fingerprint density at radius 1 is 1.16 bits per heavy atom. The number of hydrogen-bond donors (Lipinski definition) is 2. The molecule has 3 N–H and O–H groups in total. The standard InChI is InChI=1S/C13H23N3O3/c14-12(17)5-9-15-7-3-10(4-8-15)16-6-1-2-11(16)13(18)19/h10-11H,1-9H2,(H2,14,17)(H,18,19). The average molecular weight is 269 g/mol. The lowest BCUT2D eigenvalue weighted by Gasteiger charge is -2.38. The molecule has 2 saturated heterocycles. The first-order chi connectivity index (χ1) is 9.08. The van der Waals surface area contributed by atoms with Crippen LogP contribution in [0.2, 0.25) is 0 Å². The number of nitrogens with two attached hydrogens (primary N) is 1. The fraction of sp³-hybridized carbons (Fsp3) is 0.846. The highest BCUT2D eigenvalue weighted by Gasteiger charge is 2.36. The lowest BCUT2D eigenvalue weighted by atomic mass is 10.0. The number of primary amides is 1. The second-order valence-corrected chi connectivity index (χ2v) is 5.52. The number of carboxylic acids is 1. The summed E-state index contributed by atoms with van der Waals surface area (Å²) in [5, 5.41) is 9.21. The van der Waals surface area contributed by atoms with Gasteiger partial charge in [0.15, 0.2) is 0 Å². The van der Waals surface area contributed by atoms with Crippen LogP contribution in [0.5, 0.6) is 0 Å². The summed E-state index contributed by atoms with van der Waals surface area (Å²) in [6, 6.07) is 0.0931. The van der Waals surface area contributed by atoms with Crippen LogP contribution >= 0.6 is 0 Å². The molecule has 0 radical (unpaired) electrons. The smallest absolute Gasteiger partial charge is 0.320 e. The molecule has 2 aliphatic heterocycles. The highest BCUT2D eigenvalue weighted by molar-refractivity contribution is 5.74. The number of amides is 1. The number of carbonyl (C=O) groups is 2. The molecule has 6 heteroatoms. The summed E-state index contributed by atoms with van der Waals surface area (Å²) in [5.41, 5.74) is 5.15. The van der Waals surface area contributed by atoms with Gasteiger partial charge in [-0.25, -0.2) is 0 Å². The van der Waals surface area contributed by atoms with Gasteiger partial charge < -0.3 is 15.7 Å². The van der Waals surface area contributed by atoms with Crippen molar-refractivity contribution >= 4 is 11.9 Å². The Morgan fingerprint density at radius 2 is 1.84 bits per heavy atom. The van der Waals surface area contributed by atoms with Crippen LogP contribution in [0.4, 0.5) is 0 Å².